The Labute approximate surface area is 172 Å². The maximum atomic E-state index is 12.8. The third-order valence-electron chi connectivity index (χ3n) is 4.82. The summed E-state index contributed by atoms with van der Waals surface area (Å²) in [5.74, 6) is 1.29. The Bertz CT molecular complexity index is 1050. The van der Waals surface area contributed by atoms with Gasteiger partial charge in [0.25, 0.3) is 5.56 Å². The number of hydrogen-bond acceptors (Lipinski definition) is 5. The number of fused-ring (bicyclic) bond motifs is 1. The molecule has 4 rings (SSSR count). The molecule has 0 bridgehead atoms. The van der Waals surface area contributed by atoms with Crippen LogP contribution in [0.15, 0.2) is 29.1 Å². The third kappa shape index (κ3) is 3.81. The molecule has 4 nitrogen and oxygen atoms in total. The van der Waals surface area contributed by atoms with Crippen LogP contribution in [0.5, 0.6) is 0 Å². The summed E-state index contributed by atoms with van der Waals surface area (Å²) in [6.45, 7) is 6.20. The molecule has 0 radical (unpaired) electrons. The lowest BCUT2D eigenvalue weighted by Gasteiger charge is -2.17. The van der Waals surface area contributed by atoms with E-state index < -0.39 is 0 Å². The summed E-state index contributed by atoms with van der Waals surface area (Å²) >= 11 is 8.68. The largest absolute Gasteiger partial charge is 0.358 e. The average molecular weight is 416 g/mol. The van der Waals surface area contributed by atoms with Crippen LogP contribution in [-0.2, 0) is 5.75 Å². The predicted molar refractivity (Wildman–Crippen MR) is 120 cm³/mol. The number of hydrogen-bond donors (Lipinski definition) is 1. The van der Waals surface area contributed by atoms with Crippen LogP contribution in [0.1, 0.15) is 29.1 Å². The van der Waals surface area contributed by atoms with E-state index in [1.165, 1.54) is 18.4 Å². The highest BCUT2D eigenvalue weighted by Crippen LogP contribution is 2.35. The first-order chi connectivity index (χ1) is 13.0. The van der Waals surface area contributed by atoms with Crippen molar-refractivity contribution in [1.82, 2.24) is 14.9 Å². The van der Waals surface area contributed by atoms with Gasteiger partial charge in [-0.05, 0) is 32.3 Å². The number of H-pyrrole nitrogens is 1. The van der Waals surface area contributed by atoms with Crippen molar-refractivity contribution in [3.05, 3.63) is 50.9 Å². The smallest absolute Gasteiger partial charge is 0.260 e. The Morgan fingerprint density at radius 1 is 1.26 bits per heavy atom. The zero-order valence-corrected chi connectivity index (χ0v) is 17.8. The molecule has 1 N–H and O–H groups in total. The number of likely N-dealkylation sites (tertiary alicyclic amines) is 1. The molecule has 0 spiro atoms. The van der Waals surface area contributed by atoms with Crippen molar-refractivity contribution in [3.8, 4) is 11.1 Å². The minimum atomic E-state index is -0.0670. The number of benzene rings is 1. The van der Waals surface area contributed by atoms with Crippen LogP contribution in [0.25, 0.3) is 21.3 Å². The van der Waals surface area contributed by atoms with Crippen LogP contribution in [0.4, 0.5) is 0 Å². The van der Waals surface area contributed by atoms with Crippen LogP contribution in [-0.4, -0.2) is 32.3 Å². The molecular formula is C20H21N3OS3. The van der Waals surface area contributed by atoms with Gasteiger partial charge in [0.15, 0.2) is 0 Å². The lowest BCUT2D eigenvalue weighted by atomic mass is 10.0. The van der Waals surface area contributed by atoms with E-state index in [0.29, 0.717) is 17.0 Å². The average Bonchev–Trinajstić information content (AvgIpc) is 3.28. The number of thiophene rings is 1. The standard InChI is InChI=1S/C20H21N3OS3/c1-12-5-7-14(8-6-12)16-13(2)27-19-17(16)18(24)21-15(22-19)11-26-20(25)23-9-3-4-10-23/h5-8H,3-4,9-11H2,1-2H3,(H,21,22,24). The van der Waals surface area contributed by atoms with Crippen molar-refractivity contribution in [3.63, 3.8) is 0 Å². The van der Waals surface area contributed by atoms with Crippen LogP contribution >= 0.6 is 35.3 Å². The Morgan fingerprint density at radius 3 is 2.67 bits per heavy atom. The fourth-order valence-electron chi connectivity index (χ4n) is 3.42. The minimum absolute atomic E-state index is 0.0670. The Morgan fingerprint density at radius 2 is 1.96 bits per heavy atom. The minimum Gasteiger partial charge on any atom is -0.358 e. The number of nitrogens with one attached hydrogen (secondary N) is 1. The lowest BCUT2D eigenvalue weighted by Crippen LogP contribution is -2.23. The Balaban J connectivity index is 1.63. The number of aromatic amines is 1. The van der Waals surface area contributed by atoms with E-state index in [1.807, 2.05) is 0 Å². The molecule has 27 heavy (non-hydrogen) atoms. The SMILES string of the molecule is Cc1ccc(-c2c(C)sc3nc(CSC(=S)N4CCCC4)[nH]c(=O)c23)cc1. The van der Waals surface area contributed by atoms with Gasteiger partial charge in [0.2, 0.25) is 0 Å². The molecule has 0 saturated carbocycles. The topological polar surface area (TPSA) is 49.0 Å². The zero-order chi connectivity index (χ0) is 19.0. The molecule has 1 aromatic carbocycles. The van der Waals surface area contributed by atoms with Gasteiger partial charge in [0.05, 0.1) is 11.1 Å². The quantitative estimate of drug-likeness (QED) is 0.618. The highest BCUT2D eigenvalue weighted by Gasteiger charge is 2.18. The Hall–Kier alpha value is -1.70. The van der Waals surface area contributed by atoms with Crippen molar-refractivity contribution >= 4 is 49.9 Å². The summed E-state index contributed by atoms with van der Waals surface area (Å²) in [5.41, 5.74) is 3.20. The van der Waals surface area contributed by atoms with Crippen molar-refractivity contribution in [2.45, 2.75) is 32.4 Å². The first-order valence-corrected chi connectivity index (χ1v) is 11.2. The maximum Gasteiger partial charge on any atom is 0.260 e. The van der Waals surface area contributed by atoms with Crippen molar-refractivity contribution < 1.29 is 0 Å². The number of thiocarbonyl (C=S) groups is 1. The van der Waals surface area contributed by atoms with E-state index in [9.17, 15) is 4.79 Å². The molecule has 2 aromatic heterocycles. The lowest BCUT2D eigenvalue weighted by molar-refractivity contribution is 0.539. The second-order valence-electron chi connectivity index (χ2n) is 6.84. The van der Waals surface area contributed by atoms with E-state index in [4.69, 9.17) is 17.2 Å². The van der Waals surface area contributed by atoms with Gasteiger partial charge in [0, 0.05) is 23.5 Å². The molecule has 1 saturated heterocycles. The summed E-state index contributed by atoms with van der Waals surface area (Å²) < 4.78 is 0.901. The van der Waals surface area contributed by atoms with Gasteiger partial charge in [-0.1, -0.05) is 53.8 Å². The first-order valence-electron chi connectivity index (χ1n) is 9.04. The number of thioether (sulfide) groups is 1. The molecule has 1 fully saturated rings. The normalized spacial score (nSPS) is 14.2. The van der Waals surface area contributed by atoms with Gasteiger partial charge in [-0.25, -0.2) is 4.98 Å². The molecule has 7 heteroatoms. The zero-order valence-electron chi connectivity index (χ0n) is 15.4. The molecule has 140 valence electrons. The molecule has 1 aliphatic rings. The van der Waals surface area contributed by atoms with Crippen LogP contribution in [0.3, 0.4) is 0 Å². The van der Waals surface area contributed by atoms with Gasteiger partial charge in [-0.15, -0.1) is 11.3 Å². The van der Waals surface area contributed by atoms with E-state index in [-0.39, 0.29) is 5.56 Å². The van der Waals surface area contributed by atoms with Gasteiger partial charge in [-0.3, -0.25) is 4.79 Å². The monoisotopic (exact) mass is 415 g/mol. The molecule has 0 amide bonds. The van der Waals surface area contributed by atoms with Crippen LogP contribution in [0.2, 0.25) is 0 Å². The maximum absolute atomic E-state index is 12.8. The van der Waals surface area contributed by atoms with Gasteiger partial charge in [0.1, 0.15) is 15.0 Å². The number of nitrogens with zero attached hydrogens (tertiary/aromatic N) is 2. The summed E-state index contributed by atoms with van der Waals surface area (Å²) in [4.78, 5) is 24.7. The molecule has 3 heterocycles. The van der Waals surface area contributed by atoms with Gasteiger partial charge in [-0.2, -0.15) is 0 Å². The van der Waals surface area contributed by atoms with Crippen LogP contribution in [0, 0.1) is 13.8 Å². The molecule has 3 aromatic rings. The number of aromatic nitrogens is 2. The van der Waals surface area contributed by atoms with Crippen LogP contribution < -0.4 is 5.56 Å². The summed E-state index contributed by atoms with van der Waals surface area (Å²) in [6.07, 6.45) is 2.41. The van der Waals surface area contributed by atoms with E-state index >= 15 is 0 Å². The van der Waals surface area contributed by atoms with Gasteiger partial charge >= 0.3 is 0 Å². The Kier molecular flexibility index (Phi) is 5.34. The molecule has 0 aliphatic carbocycles. The van der Waals surface area contributed by atoms with E-state index in [1.54, 1.807) is 23.1 Å². The second-order valence-corrected chi connectivity index (χ2v) is 9.65. The van der Waals surface area contributed by atoms with E-state index in [0.717, 1.165) is 38.2 Å². The summed E-state index contributed by atoms with van der Waals surface area (Å²) in [5, 5.41) is 0.692. The fraction of sp³-hybridized carbons (Fsp3) is 0.350. The predicted octanol–water partition coefficient (Wildman–Crippen LogP) is 4.88. The molecule has 0 unspecified atom stereocenters. The third-order valence-corrected chi connectivity index (χ3v) is 7.36. The van der Waals surface area contributed by atoms with Crippen molar-refractivity contribution in [2.24, 2.45) is 0 Å². The second kappa shape index (κ2) is 7.73. The number of aryl methyl sites for hydroxylation is 2. The summed E-state index contributed by atoms with van der Waals surface area (Å²) in [6, 6.07) is 8.29. The summed E-state index contributed by atoms with van der Waals surface area (Å²) in [7, 11) is 0. The highest BCUT2D eigenvalue weighted by molar-refractivity contribution is 8.22. The fourth-order valence-corrected chi connectivity index (χ4v) is 5.61. The highest BCUT2D eigenvalue weighted by atomic mass is 32.2. The first kappa shape index (κ1) is 18.7. The van der Waals surface area contributed by atoms with Crippen molar-refractivity contribution in [2.75, 3.05) is 13.1 Å². The molecule has 0 atom stereocenters. The van der Waals surface area contributed by atoms with Gasteiger partial charge < -0.3 is 9.88 Å². The number of rotatable bonds is 3. The molecular weight excluding hydrogens is 394 g/mol. The van der Waals surface area contributed by atoms with Crippen molar-refractivity contribution in [1.29, 1.82) is 0 Å². The van der Waals surface area contributed by atoms with E-state index in [2.05, 4.69) is 48.0 Å². The molecule has 1 aliphatic heterocycles.